The highest BCUT2D eigenvalue weighted by Crippen LogP contribution is 2.17. The summed E-state index contributed by atoms with van der Waals surface area (Å²) in [5, 5.41) is 11.5. The van der Waals surface area contributed by atoms with Gasteiger partial charge in [-0.2, -0.15) is 5.10 Å². The molecular weight excluding hydrogens is 292 g/mol. The van der Waals surface area contributed by atoms with Crippen LogP contribution in [0.5, 0.6) is 0 Å². The summed E-state index contributed by atoms with van der Waals surface area (Å²) < 4.78 is 24.1. The van der Waals surface area contributed by atoms with E-state index in [1.54, 1.807) is 7.05 Å². The van der Waals surface area contributed by atoms with Crippen molar-refractivity contribution < 1.29 is 13.2 Å². The van der Waals surface area contributed by atoms with Gasteiger partial charge in [0, 0.05) is 13.2 Å². The SMILES string of the molecule is Cc1ccc(CC(=O)Nc2nn(C)cc2S(N)(=O)=O)cc1. The normalized spacial score (nSPS) is 11.4. The molecular formula is C13H16N4O3S. The Hall–Kier alpha value is -2.19. The Morgan fingerprint density at radius 3 is 2.52 bits per heavy atom. The Balaban J connectivity index is 2.15. The highest BCUT2D eigenvalue weighted by molar-refractivity contribution is 7.89. The molecule has 2 aromatic rings. The molecule has 2 rings (SSSR count). The van der Waals surface area contributed by atoms with Crippen LogP contribution in [0.25, 0.3) is 0 Å². The molecule has 3 N–H and O–H groups in total. The molecule has 0 fully saturated rings. The van der Waals surface area contributed by atoms with Crippen LogP contribution in [-0.4, -0.2) is 24.1 Å². The zero-order valence-electron chi connectivity index (χ0n) is 11.7. The van der Waals surface area contributed by atoms with E-state index in [4.69, 9.17) is 5.14 Å². The van der Waals surface area contributed by atoms with Gasteiger partial charge < -0.3 is 5.32 Å². The van der Waals surface area contributed by atoms with Gasteiger partial charge in [0.15, 0.2) is 5.82 Å². The van der Waals surface area contributed by atoms with Crippen LogP contribution in [0.2, 0.25) is 0 Å². The van der Waals surface area contributed by atoms with Crippen LogP contribution in [0.3, 0.4) is 0 Å². The van der Waals surface area contributed by atoms with E-state index in [-0.39, 0.29) is 23.0 Å². The summed E-state index contributed by atoms with van der Waals surface area (Å²) in [6.45, 7) is 1.95. The zero-order valence-corrected chi connectivity index (χ0v) is 12.5. The van der Waals surface area contributed by atoms with Crippen molar-refractivity contribution in [2.24, 2.45) is 12.2 Å². The Bertz CT molecular complexity index is 763. The minimum Gasteiger partial charge on any atom is -0.308 e. The minimum atomic E-state index is -3.93. The average Bonchev–Trinajstić information content (AvgIpc) is 2.73. The van der Waals surface area contributed by atoms with Crippen LogP contribution in [0.1, 0.15) is 11.1 Å². The molecule has 0 unspecified atom stereocenters. The Labute approximate surface area is 122 Å². The second-order valence-electron chi connectivity index (χ2n) is 4.77. The van der Waals surface area contributed by atoms with E-state index in [0.717, 1.165) is 11.1 Å². The van der Waals surface area contributed by atoms with Gasteiger partial charge in [0.25, 0.3) is 0 Å². The Kier molecular flexibility index (Phi) is 4.10. The van der Waals surface area contributed by atoms with Gasteiger partial charge in [0.05, 0.1) is 6.42 Å². The fourth-order valence-corrected chi connectivity index (χ4v) is 2.49. The van der Waals surface area contributed by atoms with Crippen LogP contribution < -0.4 is 10.5 Å². The van der Waals surface area contributed by atoms with E-state index in [0.29, 0.717) is 0 Å². The molecule has 8 heteroatoms. The Morgan fingerprint density at radius 1 is 1.33 bits per heavy atom. The quantitative estimate of drug-likeness (QED) is 0.860. The van der Waals surface area contributed by atoms with Gasteiger partial charge in [-0.25, -0.2) is 13.6 Å². The van der Waals surface area contributed by atoms with Gasteiger partial charge in [-0.1, -0.05) is 29.8 Å². The summed E-state index contributed by atoms with van der Waals surface area (Å²) in [6.07, 6.45) is 1.37. The molecule has 0 saturated heterocycles. The van der Waals surface area contributed by atoms with E-state index in [1.807, 2.05) is 31.2 Å². The summed E-state index contributed by atoms with van der Waals surface area (Å²) >= 11 is 0. The lowest BCUT2D eigenvalue weighted by Gasteiger charge is -2.04. The lowest BCUT2D eigenvalue weighted by Crippen LogP contribution is -2.19. The number of benzene rings is 1. The number of sulfonamides is 1. The first-order valence-electron chi connectivity index (χ1n) is 6.17. The summed E-state index contributed by atoms with van der Waals surface area (Å²) in [4.78, 5) is 11.8. The molecule has 1 heterocycles. The van der Waals surface area contributed by atoms with Crippen molar-refractivity contribution in [2.75, 3.05) is 5.32 Å². The van der Waals surface area contributed by atoms with Gasteiger partial charge in [0.2, 0.25) is 15.9 Å². The molecule has 1 aromatic carbocycles. The van der Waals surface area contributed by atoms with Crippen molar-refractivity contribution in [3.05, 3.63) is 41.6 Å². The van der Waals surface area contributed by atoms with Crippen molar-refractivity contribution in [1.29, 1.82) is 0 Å². The Morgan fingerprint density at radius 2 is 1.95 bits per heavy atom. The molecule has 0 bridgehead atoms. The van der Waals surface area contributed by atoms with Crippen LogP contribution in [-0.2, 0) is 28.3 Å². The van der Waals surface area contributed by atoms with Crippen molar-refractivity contribution >= 4 is 21.7 Å². The first-order valence-corrected chi connectivity index (χ1v) is 7.72. The van der Waals surface area contributed by atoms with Crippen LogP contribution in [0.4, 0.5) is 5.82 Å². The maximum atomic E-state index is 12.0. The largest absolute Gasteiger partial charge is 0.308 e. The van der Waals surface area contributed by atoms with E-state index in [1.165, 1.54) is 10.9 Å². The maximum Gasteiger partial charge on any atom is 0.243 e. The maximum absolute atomic E-state index is 12.0. The lowest BCUT2D eigenvalue weighted by atomic mass is 10.1. The van der Waals surface area contributed by atoms with Gasteiger partial charge in [-0.15, -0.1) is 0 Å². The number of anilines is 1. The summed E-state index contributed by atoms with van der Waals surface area (Å²) in [7, 11) is -2.39. The standard InChI is InChI=1S/C13H16N4O3S/c1-9-3-5-10(6-4-9)7-12(18)15-13-11(21(14,19)20)8-17(2)16-13/h3-6,8H,7H2,1-2H3,(H2,14,19,20)(H,15,16,18). The molecule has 0 radical (unpaired) electrons. The van der Waals surface area contributed by atoms with E-state index < -0.39 is 10.0 Å². The fraction of sp³-hybridized carbons (Fsp3) is 0.231. The summed E-state index contributed by atoms with van der Waals surface area (Å²) in [5.41, 5.74) is 1.92. The third kappa shape index (κ3) is 3.89. The number of nitrogens with zero attached hydrogens (tertiary/aromatic N) is 2. The zero-order chi connectivity index (χ0) is 15.6. The van der Waals surface area contributed by atoms with Crippen molar-refractivity contribution in [2.45, 2.75) is 18.2 Å². The molecule has 112 valence electrons. The lowest BCUT2D eigenvalue weighted by molar-refractivity contribution is -0.115. The first-order chi connectivity index (χ1) is 9.75. The number of rotatable bonds is 4. The molecule has 0 aliphatic rings. The molecule has 0 aliphatic carbocycles. The number of aryl methyl sites for hydroxylation is 2. The number of nitrogens with one attached hydrogen (secondary N) is 1. The van der Waals surface area contributed by atoms with Crippen LogP contribution in [0, 0.1) is 6.92 Å². The fourth-order valence-electron chi connectivity index (χ4n) is 1.83. The van der Waals surface area contributed by atoms with Gasteiger partial charge in [-0.3, -0.25) is 9.48 Å². The highest BCUT2D eigenvalue weighted by Gasteiger charge is 2.19. The summed E-state index contributed by atoms with van der Waals surface area (Å²) in [6, 6.07) is 7.49. The molecule has 0 spiro atoms. The third-order valence-corrected chi connectivity index (χ3v) is 3.76. The number of amides is 1. The van der Waals surface area contributed by atoms with Crippen molar-refractivity contribution in [3.8, 4) is 0 Å². The van der Waals surface area contributed by atoms with E-state index in [9.17, 15) is 13.2 Å². The second-order valence-corrected chi connectivity index (χ2v) is 6.30. The monoisotopic (exact) mass is 308 g/mol. The third-order valence-electron chi connectivity index (χ3n) is 2.84. The van der Waals surface area contributed by atoms with Gasteiger partial charge in [0.1, 0.15) is 4.90 Å². The topological polar surface area (TPSA) is 107 Å². The van der Waals surface area contributed by atoms with E-state index >= 15 is 0 Å². The number of carbonyl (C=O) groups is 1. The van der Waals surface area contributed by atoms with Crippen molar-refractivity contribution in [1.82, 2.24) is 9.78 Å². The van der Waals surface area contributed by atoms with E-state index in [2.05, 4.69) is 10.4 Å². The average molecular weight is 308 g/mol. The van der Waals surface area contributed by atoms with Crippen molar-refractivity contribution in [3.63, 3.8) is 0 Å². The number of hydrogen-bond donors (Lipinski definition) is 2. The molecule has 0 saturated carbocycles. The molecule has 1 amide bonds. The van der Waals surface area contributed by atoms with Gasteiger partial charge in [-0.05, 0) is 12.5 Å². The molecule has 1 aromatic heterocycles. The van der Waals surface area contributed by atoms with Gasteiger partial charge >= 0.3 is 0 Å². The minimum absolute atomic E-state index is 0.0582. The predicted molar refractivity (Wildman–Crippen MR) is 78.1 cm³/mol. The molecule has 0 atom stereocenters. The summed E-state index contributed by atoms with van der Waals surface area (Å²) in [5.74, 6) is -0.417. The smallest absolute Gasteiger partial charge is 0.243 e. The number of carbonyl (C=O) groups excluding carboxylic acids is 1. The number of hydrogen-bond acceptors (Lipinski definition) is 4. The highest BCUT2D eigenvalue weighted by atomic mass is 32.2. The number of primary sulfonamides is 1. The first kappa shape index (κ1) is 15.2. The van der Waals surface area contributed by atoms with Crippen LogP contribution >= 0.6 is 0 Å². The number of aromatic nitrogens is 2. The van der Waals surface area contributed by atoms with Crippen LogP contribution in [0.15, 0.2) is 35.4 Å². The number of nitrogens with two attached hydrogens (primary N) is 1. The molecule has 21 heavy (non-hydrogen) atoms. The predicted octanol–water partition coefficient (Wildman–Crippen LogP) is 0.557. The molecule has 0 aliphatic heterocycles. The second kappa shape index (κ2) is 5.66. The molecule has 7 nitrogen and oxygen atoms in total.